The Kier molecular flexibility index (Phi) is 3.98. The van der Waals surface area contributed by atoms with Crippen LogP contribution in [0.25, 0.3) is 5.69 Å². The second-order valence-electron chi connectivity index (χ2n) is 4.94. The molecule has 24 heavy (non-hydrogen) atoms. The topological polar surface area (TPSA) is 129 Å². The summed E-state index contributed by atoms with van der Waals surface area (Å²) in [7, 11) is 0. The number of amides is 2. The molecule has 0 aliphatic rings. The lowest BCUT2D eigenvalue weighted by atomic mass is 10.2. The fourth-order valence-corrected chi connectivity index (χ4v) is 2.05. The van der Waals surface area contributed by atoms with E-state index in [4.69, 9.17) is 5.73 Å². The Balaban J connectivity index is 1.79. The molecule has 9 heteroatoms. The number of pyridine rings is 1. The van der Waals surface area contributed by atoms with Gasteiger partial charge in [0.1, 0.15) is 5.69 Å². The molecular formula is C15H13N7O2. The first kappa shape index (κ1) is 15.3. The predicted molar refractivity (Wildman–Crippen MR) is 84.6 cm³/mol. The van der Waals surface area contributed by atoms with E-state index in [1.54, 1.807) is 29.8 Å². The molecule has 120 valence electrons. The van der Waals surface area contributed by atoms with Gasteiger partial charge in [-0.2, -0.15) is 4.68 Å². The molecule has 3 aromatic rings. The largest absolute Gasteiger partial charge is 0.366 e. The normalized spacial score (nSPS) is 10.4. The fraction of sp³-hybridized carbons (Fsp3) is 0.0667. The van der Waals surface area contributed by atoms with Crippen molar-refractivity contribution in [3.8, 4) is 5.69 Å². The van der Waals surface area contributed by atoms with Gasteiger partial charge in [-0.15, -0.1) is 5.10 Å². The summed E-state index contributed by atoms with van der Waals surface area (Å²) in [6.45, 7) is 1.77. The number of hydrogen-bond donors (Lipinski definition) is 2. The summed E-state index contributed by atoms with van der Waals surface area (Å²) in [5.74, 6) is -0.377. The maximum atomic E-state index is 12.2. The monoisotopic (exact) mass is 323 g/mol. The van der Waals surface area contributed by atoms with Gasteiger partial charge in [-0.1, -0.05) is 6.07 Å². The molecule has 0 saturated heterocycles. The second-order valence-corrected chi connectivity index (χ2v) is 4.94. The number of tetrazole rings is 1. The van der Waals surface area contributed by atoms with Crippen molar-refractivity contribution in [1.29, 1.82) is 0 Å². The molecule has 2 amide bonds. The van der Waals surface area contributed by atoms with Gasteiger partial charge >= 0.3 is 0 Å². The number of hydrogen-bond acceptors (Lipinski definition) is 6. The Bertz CT molecular complexity index is 902. The molecular weight excluding hydrogens is 310 g/mol. The van der Waals surface area contributed by atoms with Crippen LogP contribution in [0.5, 0.6) is 0 Å². The minimum absolute atomic E-state index is 0.170. The molecule has 2 heterocycles. The smallest absolute Gasteiger partial charge is 0.274 e. The number of benzene rings is 1. The molecule has 0 spiro atoms. The Morgan fingerprint density at radius 1 is 1.21 bits per heavy atom. The first-order chi connectivity index (χ1) is 11.5. The summed E-state index contributed by atoms with van der Waals surface area (Å²) in [4.78, 5) is 27.2. The van der Waals surface area contributed by atoms with Gasteiger partial charge in [0.15, 0.2) is 5.82 Å². The third-order valence-corrected chi connectivity index (χ3v) is 3.25. The summed E-state index contributed by atoms with van der Waals surface area (Å²) >= 11 is 0. The van der Waals surface area contributed by atoms with Crippen molar-refractivity contribution >= 4 is 17.5 Å². The number of aryl methyl sites for hydroxylation is 1. The van der Waals surface area contributed by atoms with Crippen LogP contribution in [0.1, 0.15) is 26.7 Å². The highest BCUT2D eigenvalue weighted by molar-refractivity contribution is 6.03. The van der Waals surface area contributed by atoms with Gasteiger partial charge in [0.25, 0.3) is 5.91 Å². The number of carbonyl (C=O) groups excluding carboxylic acids is 2. The molecule has 0 bridgehead atoms. The van der Waals surface area contributed by atoms with E-state index in [0.29, 0.717) is 17.2 Å². The maximum Gasteiger partial charge on any atom is 0.274 e. The SMILES string of the molecule is Cc1nnnn1-c1cccc(NC(=O)c2ccc(C(N)=O)cn2)c1. The van der Waals surface area contributed by atoms with Crippen LogP contribution in [0.15, 0.2) is 42.6 Å². The molecule has 0 radical (unpaired) electrons. The van der Waals surface area contributed by atoms with Gasteiger partial charge in [0.05, 0.1) is 11.3 Å². The second kappa shape index (κ2) is 6.24. The number of rotatable bonds is 4. The highest BCUT2D eigenvalue weighted by atomic mass is 16.2. The number of nitrogens with one attached hydrogen (secondary N) is 1. The number of nitrogens with zero attached hydrogens (tertiary/aromatic N) is 5. The summed E-state index contributed by atoms with van der Waals surface area (Å²) in [6, 6.07) is 9.95. The van der Waals surface area contributed by atoms with Gasteiger partial charge in [-0.3, -0.25) is 14.6 Å². The Morgan fingerprint density at radius 3 is 2.67 bits per heavy atom. The molecule has 3 N–H and O–H groups in total. The lowest BCUT2D eigenvalue weighted by Gasteiger charge is -2.07. The zero-order valence-electron chi connectivity index (χ0n) is 12.7. The van der Waals surface area contributed by atoms with Crippen LogP contribution in [0.3, 0.4) is 0 Å². The van der Waals surface area contributed by atoms with E-state index in [1.807, 2.05) is 6.07 Å². The minimum Gasteiger partial charge on any atom is -0.366 e. The lowest BCUT2D eigenvalue weighted by molar-refractivity contribution is 0.0993. The van der Waals surface area contributed by atoms with Gasteiger partial charge < -0.3 is 11.1 Å². The molecule has 2 aromatic heterocycles. The molecule has 9 nitrogen and oxygen atoms in total. The van der Waals surface area contributed by atoms with Crippen molar-refractivity contribution in [2.45, 2.75) is 6.92 Å². The summed E-state index contributed by atoms with van der Waals surface area (Å²) in [5, 5.41) is 14.0. The Hall–Kier alpha value is -3.62. The molecule has 3 rings (SSSR count). The number of aromatic nitrogens is 5. The lowest BCUT2D eigenvalue weighted by Crippen LogP contribution is -2.16. The number of anilines is 1. The first-order valence-corrected chi connectivity index (χ1v) is 6.97. The van der Waals surface area contributed by atoms with Crippen molar-refractivity contribution < 1.29 is 9.59 Å². The highest BCUT2D eigenvalue weighted by Gasteiger charge is 2.10. The van der Waals surface area contributed by atoms with Crippen molar-refractivity contribution in [2.24, 2.45) is 5.73 Å². The molecule has 0 unspecified atom stereocenters. The van der Waals surface area contributed by atoms with Crippen molar-refractivity contribution in [3.05, 3.63) is 59.7 Å². The average Bonchev–Trinajstić information content (AvgIpc) is 3.01. The van der Waals surface area contributed by atoms with Crippen LogP contribution >= 0.6 is 0 Å². The third-order valence-electron chi connectivity index (χ3n) is 3.25. The molecule has 0 saturated carbocycles. The summed E-state index contributed by atoms with van der Waals surface area (Å²) < 4.78 is 1.55. The Morgan fingerprint density at radius 2 is 2.04 bits per heavy atom. The van der Waals surface area contributed by atoms with Crippen LogP contribution < -0.4 is 11.1 Å². The van der Waals surface area contributed by atoms with Gasteiger partial charge in [-0.05, 0) is 47.7 Å². The fourth-order valence-electron chi connectivity index (χ4n) is 2.05. The van der Waals surface area contributed by atoms with Crippen LogP contribution in [-0.4, -0.2) is 37.0 Å². The van der Waals surface area contributed by atoms with Crippen LogP contribution in [0.2, 0.25) is 0 Å². The van der Waals surface area contributed by atoms with Crippen LogP contribution in [0, 0.1) is 6.92 Å². The van der Waals surface area contributed by atoms with Gasteiger partial charge in [-0.25, -0.2) is 0 Å². The van der Waals surface area contributed by atoms with E-state index in [2.05, 4.69) is 25.8 Å². The molecule has 1 aromatic carbocycles. The molecule has 0 atom stereocenters. The first-order valence-electron chi connectivity index (χ1n) is 6.97. The summed E-state index contributed by atoms with van der Waals surface area (Å²) in [5.41, 5.74) is 6.83. The van der Waals surface area contributed by atoms with Crippen molar-refractivity contribution in [1.82, 2.24) is 25.2 Å². The molecule has 0 fully saturated rings. The van der Waals surface area contributed by atoms with E-state index in [9.17, 15) is 9.59 Å². The van der Waals surface area contributed by atoms with Crippen LogP contribution in [-0.2, 0) is 0 Å². The van der Waals surface area contributed by atoms with Crippen LogP contribution in [0.4, 0.5) is 5.69 Å². The van der Waals surface area contributed by atoms with Gasteiger partial charge in [0, 0.05) is 11.9 Å². The van der Waals surface area contributed by atoms with E-state index in [-0.39, 0.29) is 11.3 Å². The summed E-state index contributed by atoms with van der Waals surface area (Å²) in [6.07, 6.45) is 1.26. The predicted octanol–water partition coefficient (Wildman–Crippen LogP) is 0.717. The van der Waals surface area contributed by atoms with Crippen molar-refractivity contribution in [2.75, 3.05) is 5.32 Å². The maximum absolute atomic E-state index is 12.2. The number of primary amides is 1. The quantitative estimate of drug-likeness (QED) is 0.727. The van der Waals surface area contributed by atoms with Crippen molar-refractivity contribution in [3.63, 3.8) is 0 Å². The average molecular weight is 323 g/mol. The zero-order valence-corrected chi connectivity index (χ0v) is 12.7. The minimum atomic E-state index is -0.598. The number of carbonyl (C=O) groups is 2. The van der Waals surface area contributed by atoms with E-state index in [0.717, 1.165) is 0 Å². The Labute approximate surface area is 136 Å². The standard InChI is InChI=1S/C15H13N7O2/c1-9-19-20-21-22(9)12-4-2-3-11(7-12)18-15(24)13-6-5-10(8-17-13)14(16)23/h2-8H,1H3,(H2,16,23)(H,18,24). The third kappa shape index (κ3) is 3.09. The van der Waals surface area contributed by atoms with Gasteiger partial charge in [0.2, 0.25) is 5.91 Å². The molecule has 0 aliphatic carbocycles. The number of nitrogens with two attached hydrogens (primary N) is 1. The zero-order chi connectivity index (χ0) is 17.1. The van der Waals surface area contributed by atoms with E-state index < -0.39 is 11.8 Å². The van der Waals surface area contributed by atoms with E-state index >= 15 is 0 Å². The highest BCUT2D eigenvalue weighted by Crippen LogP contribution is 2.15. The van der Waals surface area contributed by atoms with E-state index in [1.165, 1.54) is 18.3 Å². The molecule has 0 aliphatic heterocycles.